The van der Waals surface area contributed by atoms with Crippen molar-refractivity contribution in [1.29, 1.82) is 0 Å². The summed E-state index contributed by atoms with van der Waals surface area (Å²) in [4.78, 5) is 33.5. The molecule has 0 aliphatic carbocycles. The average Bonchev–Trinajstić information content (AvgIpc) is 3.26. The number of imidazole rings is 1. The lowest BCUT2D eigenvalue weighted by molar-refractivity contribution is -0.122. The third kappa shape index (κ3) is 5.72. The van der Waals surface area contributed by atoms with Crippen LogP contribution in [0.3, 0.4) is 0 Å². The summed E-state index contributed by atoms with van der Waals surface area (Å²) in [6.45, 7) is 2.33. The molecule has 1 amide bonds. The van der Waals surface area contributed by atoms with Gasteiger partial charge in [-0.15, -0.1) is 0 Å². The number of fused-ring (bicyclic) bond motifs is 1. The van der Waals surface area contributed by atoms with Crippen LogP contribution in [0, 0.1) is 9.39 Å². The molecule has 3 aromatic rings. The van der Waals surface area contributed by atoms with Crippen molar-refractivity contribution in [2.75, 3.05) is 25.6 Å². The first-order valence-electron chi connectivity index (χ1n) is 9.87. The maximum atomic E-state index is 14.5. The van der Waals surface area contributed by atoms with Crippen LogP contribution in [0.2, 0.25) is 0 Å². The summed E-state index contributed by atoms with van der Waals surface area (Å²) in [6, 6.07) is 6.41. The Morgan fingerprint density at radius 1 is 1.28 bits per heavy atom. The number of nitrogens with zero attached hydrogens (tertiary/aromatic N) is 2. The van der Waals surface area contributed by atoms with Gasteiger partial charge in [-0.25, -0.2) is 14.2 Å². The monoisotopic (exact) mass is 555 g/mol. The molecular formula is C21H23FIN5O4. The number of hydrogen-bond donors (Lipinski definition) is 3. The SMILES string of the molecule is CCOC(=O)c1cc(CNOCCC(=O)NC)c2cncn2c1Nc1ccc(I)cc1F. The number of hydrogen-bond acceptors (Lipinski definition) is 7. The third-order valence-electron chi connectivity index (χ3n) is 4.54. The van der Waals surface area contributed by atoms with Gasteiger partial charge in [0.1, 0.15) is 23.5 Å². The Morgan fingerprint density at radius 3 is 2.81 bits per heavy atom. The molecule has 0 spiro atoms. The molecule has 1 aromatic carbocycles. The number of pyridine rings is 1. The van der Waals surface area contributed by atoms with E-state index in [1.165, 1.54) is 12.4 Å². The van der Waals surface area contributed by atoms with Crippen LogP contribution in [0.5, 0.6) is 0 Å². The number of rotatable bonds is 10. The topological polar surface area (TPSA) is 106 Å². The molecule has 9 nitrogen and oxygen atoms in total. The summed E-state index contributed by atoms with van der Waals surface area (Å²) in [5.74, 6) is -0.804. The molecule has 0 radical (unpaired) electrons. The Bertz CT molecular complexity index is 1120. The quantitative estimate of drug-likeness (QED) is 0.153. The van der Waals surface area contributed by atoms with Crippen molar-refractivity contribution in [1.82, 2.24) is 20.2 Å². The Labute approximate surface area is 197 Å². The van der Waals surface area contributed by atoms with Crippen molar-refractivity contribution < 1.29 is 23.6 Å². The fourth-order valence-electron chi connectivity index (χ4n) is 2.98. The standard InChI is InChI=1S/C21H23FIN5O4/c1-3-31-21(30)15-8-13(10-26-32-7-6-19(29)24-2)18-11-25-12-28(18)20(15)27-17-5-4-14(23)9-16(17)22/h4-5,8-9,11-12,26-27H,3,6-7,10H2,1-2H3,(H,24,29). The van der Waals surface area contributed by atoms with Crippen LogP contribution in [-0.4, -0.2) is 41.5 Å². The van der Waals surface area contributed by atoms with Crippen molar-refractivity contribution in [2.45, 2.75) is 19.9 Å². The van der Waals surface area contributed by atoms with E-state index in [0.717, 1.165) is 3.57 Å². The highest BCUT2D eigenvalue weighted by atomic mass is 127. The van der Waals surface area contributed by atoms with Gasteiger partial charge in [-0.05, 0) is 59.3 Å². The second-order valence-electron chi connectivity index (χ2n) is 6.64. The number of nitrogens with one attached hydrogen (secondary N) is 3. The van der Waals surface area contributed by atoms with Gasteiger partial charge in [0.05, 0.1) is 37.0 Å². The van der Waals surface area contributed by atoms with Crippen LogP contribution in [0.1, 0.15) is 29.3 Å². The van der Waals surface area contributed by atoms with Gasteiger partial charge in [-0.3, -0.25) is 9.20 Å². The number of halogens is 2. The molecule has 0 saturated carbocycles. The second-order valence-corrected chi connectivity index (χ2v) is 7.89. The fourth-order valence-corrected chi connectivity index (χ4v) is 3.43. The fraction of sp³-hybridized carbons (Fsp3) is 0.286. The second kappa shape index (κ2) is 11.2. The van der Waals surface area contributed by atoms with Gasteiger partial charge in [-0.2, -0.15) is 5.48 Å². The largest absolute Gasteiger partial charge is 0.462 e. The molecule has 2 aromatic heterocycles. The number of ether oxygens (including phenoxy) is 1. The van der Waals surface area contributed by atoms with E-state index in [-0.39, 0.29) is 43.3 Å². The molecule has 0 saturated heterocycles. The van der Waals surface area contributed by atoms with E-state index >= 15 is 0 Å². The lowest BCUT2D eigenvalue weighted by atomic mass is 10.1. The van der Waals surface area contributed by atoms with Gasteiger partial charge in [0.15, 0.2) is 0 Å². The highest BCUT2D eigenvalue weighted by Gasteiger charge is 2.20. The van der Waals surface area contributed by atoms with Crippen molar-refractivity contribution >= 4 is 51.5 Å². The van der Waals surface area contributed by atoms with Crippen molar-refractivity contribution in [3.05, 3.63) is 57.3 Å². The predicted octanol–water partition coefficient (Wildman–Crippen LogP) is 3.16. The zero-order chi connectivity index (χ0) is 23.1. The first-order valence-corrected chi connectivity index (χ1v) is 10.9. The van der Waals surface area contributed by atoms with Crippen LogP contribution in [0.4, 0.5) is 15.9 Å². The maximum absolute atomic E-state index is 14.5. The first kappa shape index (κ1) is 23.9. The van der Waals surface area contributed by atoms with Gasteiger partial charge in [-0.1, -0.05) is 0 Å². The summed E-state index contributed by atoms with van der Waals surface area (Å²) in [7, 11) is 1.56. The van der Waals surface area contributed by atoms with Gasteiger partial charge < -0.3 is 20.2 Å². The lowest BCUT2D eigenvalue weighted by Crippen LogP contribution is -2.23. The molecule has 3 N–H and O–H groups in total. The molecular weight excluding hydrogens is 532 g/mol. The van der Waals surface area contributed by atoms with Crippen LogP contribution < -0.4 is 16.1 Å². The molecule has 0 aliphatic rings. The van der Waals surface area contributed by atoms with Crippen LogP contribution >= 0.6 is 22.6 Å². The Kier molecular flexibility index (Phi) is 8.36. The van der Waals surface area contributed by atoms with Crippen LogP contribution in [-0.2, 0) is 20.9 Å². The number of anilines is 2. The molecule has 0 bridgehead atoms. The van der Waals surface area contributed by atoms with Gasteiger partial charge in [0.25, 0.3) is 0 Å². The van der Waals surface area contributed by atoms with Gasteiger partial charge in [0.2, 0.25) is 5.91 Å². The van der Waals surface area contributed by atoms with Gasteiger partial charge >= 0.3 is 5.97 Å². The minimum Gasteiger partial charge on any atom is -0.462 e. The molecule has 0 atom stereocenters. The number of aromatic nitrogens is 2. The summed E-state index contributed by atoms with van der Waals surface area (Å²) in [5, 5.41) is 5.52. The molecule has 11 heteroatoms. The summed E-state index contributed by atoms with van der Waals surface area (Å²) in [5.41, 5.74) is 4.62. The smallest absolute Gasteiger partial charge is 0.341 e. The molecule has 0 aliphatic heterocycles. The Balaban J connectivity index is 1.92. The number of benzene rings is 1. The van der Waals surface area contributed by atoms with E-state index < -0.39 is 11.8 Å². The minimum atomic E-state index is -0.557. The third-order valence-corrected chi connectivity index (χ3v) is 5.21. The van der Waals surface area contributed by atoms with E-state index in [2.05, 4.69) is 21.1 Å². The number of amides is 1. The van der Waals surface area contributed by atoms with Crippen molar-refractivity contribution in [3.63, 3.8) is 0 Å². The summed E-state index contributed by atoms with van der Waals surface area (Å²) >= 11 is 2.03. The highest BCUT2D eigenvalue weighted by molar-refractivity contribution is 14.1. The maximum Gasteiger partial charge on any atom is 0.341 e. The van der Waals surface area contributed by atoms with E-state index in [1.54, 1.807) is 42.8 Å². The normalized spacial score (nSPS) is 10.9. The van der Waals surface area contributed by atoms with Crippen molar-refractivity contribution in [2.24, 2.45) is 0 Å². The van der Waals surface area contributed by atoms with Gasteiger partial charge in [0, 0.05) is 17.2 Å². The summed E-state index contributed by atoms with van der Waals surface area (Å²) in [6.07, 6.45) is 3.37. The zero-order valence-electron chi connectivity index (χ0n) is 17.6. The number of carbonyl (C=O) groups is 2. The highest BCUT2D eigenvalue weighted by Crippen LogP contribution is 2.28. The Morgan fingerprint density at radius 2 is 2.09 bits per heavy atom. The van der Waals surface area contributed by atoms with E-state index in [4.69, 9.17) is 9.57 Å². The molecule has 170 valence electrons. The predicted molar refractivity (Wildman–Crippen MR) is 125 cm³/mol. The Hall–Kier alpha value is -2.77. The van der Waals surface area contributed by atoms with E-state index in [1.807, 2.05) is 22.6 Å². The molecule has 2 heterocycles. The van der Waals surface area contributed by atoms with E-state index in [0.29, 0.717) is 16.9 Å². The van der Waals surface area contributed by atoms with Crippen LogP contribution in [0.25, 0.3) is 5.52 Å². The minimum absolute atomic E-state index is 0.132. The zero-order valence-corrected chi connectivity index (χ0v) is 19.7. The number of carbonyl (C=O) groups excluding carboxylic acids is 2. The first-order chi connectivity index (χ1) is 15.4. The number of hydroxylamine groups is 1. The molecule has 32 heavy (non-hydrogen) atoms. The average molecular weight is 555 g/mol. The van der Waals surface area contributed by atoms with Crippen molar-refractivity contribution in [3.8, 4) is 0 Å². The molecule has 0 unspecified atom stereocenters. The molecule has 3 rings (SSSR count). The molecule has 0 fully saturated rings. The summed E-state index contributed by atoms with van der Waals surface area (Å²) < 4.78 is 22.1. The number of esters is 1. The van der Waals surface area contributed by atoms with Crippen LogP contribution in [0.15, 0.2) is 36.8 Å². The lowest BCUT2D eigenvalue weighted by Gasteiger charge is -2.17. The van der Waals surface area contributed by atoms with E-state index in [9.17, 15) is 14.0 Å².